The summed E-state index contributed by atoms with van der Waals surface area (Å²) < 4.78 is 6.44. The standard InChI is InChI=1S/C21H23N3O4S/c1-2-3-11-28-21(27)16-13-29-19-18(16)20(26)24(14-23-19)12-17(25)22-10-9-15-7-5-4-6-8-15/h4-8,13-14H,2-3,9-12H2,1H3,(H,22,25). The lowest BCUT2D eigenvalue weighted by atomic mass is 10.1. The summed E-state index contributed by atoms with van der Waals surface area (Å²) in [4.78, 5) is 42.0. The Morgan fingerprint density at radius 2 is 2.03 bits per heavy atom. The summed E-state index contributed by atoms with van der Waals surface area (Å²) in [6.07, 6.45) is 3.71. The van der Waals surface area contributed by atoms with Gasteiger partial charge in [0.15, 0.2) is 0 Å². The summed E-state index contributed by atoms with van der Waals surface area (Å²) in [5, 5.41) is 4.59. The van der Waals surface area contributed by atoms with Gasteiger partial charge in [-0.1, -0.05) is 43.7 Å². The van der Waals surface area contributed by atoms with Gasteiger partial charge in [0, 0.05) is 11.9 Å². The van der Waals surface area contributed by atoms with Crippen molar-refractivity contribution in [3.05, 3.63) is 63.5 Å². The number of hydrogen-bond acceptors (Lipinski definition) is 6. The first-order chi connectivity index (χ1) is 14.1. The third-order valence-corrected chi connectivity index (χ3v) is 5.29. The Bertz CT molecular complexity index is 1040. The molecule has 1 amide bonds. The van der Waals surface area contributed by atoms with E-state index in [2.05, 4.69) is 10.3 Å². The zero-order valence-corrected chi connectivity index (χ0v) is 17.0. The Morgan fingerprint density at radius 1 is 1.24 bits per heavy atom. The second kappa shape index (κ2) is 9.97. The zero-order valence-electron chi connectivity index (χ0n) is 16.2. The minimum atomic E-state index is -0.534. The van der Waals surface area contributed by atoms with Crippen molar-refractivity contribution in [1.82, 2.24) is 14.9 Å². The number of benzene rings is 1. The summed E-state index contributed by atoms with van der Waals surface area (Å²) in [6, 6.07) is 9.82. The molecule has 152 valence electrons. The van der Waals surface area contributed by atoms with Gasteiger partial charge in [-0.25, -0.2) is 9.78 Å². The summed E-state index contributed by atoms with van der Waals surface area (Å²) in [5.74, 6) is -0.819. The van der Waals surface area contributed by atoms with Crippen molar-refractivity contribution in [2.45, 2.75) is 32.7 Å². The van der Waals surface area contributed by atoms with E-state index >= 15 is 0 Å². The number of thiophene rings is 1. The number of aromatic nitrogens is 2. The van der Waals surface area contributed by atoms with E-state index in [1.807, 2.05) is 37.3 Å². The van der Waals surface area contributed by atoms with E-state index in [4.69, 9.17) is 4.74 Å². The molecule has 0 fully saturated rings. The van der Waals surface area contributed by atoms with E-state index in [1.54, 1.807) is 5.38 Å². The van der Waals surface area contributed by atoms with E-state index in [-0.39, 0.29) is 23.4 Å². The normalized spacial score (nSPS) is 10.8. The van der Waals surface area contributed by atoms with Crippen molar-refractivity contribution in [3.8, 4) is 0 Å². The highest BCUT2D eigenvalue weighted by Gasteiger charge is 2.19. The Labute approximate surface area is 172 Å². The second-order valence-corrected chi connectivity index (χ2v) is 7.44. The number of hydrogen-bond donors (Lipinski definition) is 1. The molecule has 0 unspecified atom stereocenters. The van der Waals surface area contributed by atoms with Crippen molar-refractivity contribution in [1.29, 1.82) is 0 Å². The fraction of sp³-hybridized carbons (Fsp3) is 0.333. The topological polar surface area (TPSA) is 90.3 Å². The van der Waals surface area contributed by atoms with Crippen LogP contribution in [0.4, 0.5) is 0 Å². The lowest BCUT2D eigenvalue weighted by Crippen LogP contribution is -2.33. The van der Waals surface area contributed by atoms with Gasteiger partial charge in [0.05, 0.1) is 23.9 Å². The third-order valence-electron chi connectivity index (χ3n) is 4.40. The van der Waals surface area contributed by atoms with Gasteiger partial charge in [0.2, 0.25) is 5.91 Å². The van der Waals surface area contributed by atoms with E-state index in [0.717, 1.165) is 18.4 Å². The molecule has 3 aromatic rings. The molecule has 0 aliphatic carbocycles. The number of fused-ring (bicyclic) bond motifs is 1. The third kappa shape index (κ3) is 5.29. The summed E-state index contributed by atoms with van der Waals surface area (Å²) >= 11 is 1.21. The van der Waals surface area contributed by atoms with Gasteiger partial charge in [0.25, 0.3) is 5.56 Å². The number of amides is 1. The number of esters is 1. The van der Waals surface area contributed by atoms with Crippen LogP contribution in [0.15, 0.2) is 46.8 Å². The van der Waals surface area contributed by atoms with Crippen LogP contribution in [0.25, 0.3) is 10.2 Å². The average Bonchev–Trinajstić information content (AvgIpc) is 3.16. The maximum absolute atomic E-state index is 12.8. The molecule has 7 nitrogen and oxygen atoms in total. The summed E-state index contributed by atoms with van der Waals surface area (Å²) in [7, 11) is 0. The molecule has 8 heteroatoms. The SMILES string of the molecule is CCCCOC(=O)c1csc2ncn(CC(=O)NCCc3ccccc3)c(=O)c12. The van der Waals surface area contributed by atoms with Gasteiger partial charge in [-0.3, -0.25) is 14.2 Å². The number of unbranched alkanes of at least 4 members (excludes halogenated alkanes) is 1. The van der Waals surface area contributed by atoms with Crippen LogP contribution in [0.3, 0.4) is 0 Å². The first-order valence-corrected chi connectivity index (χ1v) is 10.4. The monoisotopic (exact) mass is 413 g/mol. The van der Waals surface area contributed by atoms with Crippen molar-refractivity contribution in [3.63, 3.8) is 0 Å². The van der Waals surface area contributed by atoms with Crippen molar-refractivity contribution in [2.24, 2.45) is 0 Å². The highest BCUT2D eigenvalue weighted by Crippen LogP contribution is 2.21. The Hall–Kier alpha value is -3.00. The number of carbonyl (C=O) groups is 2. The fourth-order valence-corrected chi connectivity index (χ4v) is 3.69. The Morgan fingerprint density at radius 3 is 2.79 bits per heavy atom. The number of nitrogens with one attached hydrogen (secondary N) is 1. The Kier molecular flexibility index (Phi) is 7.13. The van der Waals surface area contributed by atoms with E-state index < -0.39 is 11.5 Å². The predicted octanol–water partition coefficient (Wildman–Crippen LogP) is 2.77. The lowest BCUT2D eigenvalue weighted by molar-refractivity contribution is -0.121. The number of nitrogens with zero attached hydrogens (tertiary/aromatic N) is 2. The minimum Gasteiger partial charge on any atom is -0.462 e. The van der Waals surface area contributed by atoms with Crippen LogP contribution in [-0.2, 0) is 22.5 Å². The van der Waals surface area contributed by atoms with Crippen LogP contribution < -0.4 is 10.9 Å². The molecule has 0 saturated heterocycles. The van der Waals surface area contributed by atoms with Crippen LogP contribution >= 0.6 is 11.3 Å². The molecule has 2 aromatic heterocycles. The van der Waals surface area contributed by atoms with Crippen LogP contribution in [0.2, 0.25) is 0 Å². The number of ether oxygens (including phenoxy) is 1. The van der Waals surface area contributed by atoms with Gasteiger partial charge < -0.3 is 10.1 Å². The van der Waals surface area contributed by atoms with Crippen molar-refractivity contribution in [2.75, 3.05) is 13.2 Å². The first kappa shape index (κ1) is 20.7. The van der Waals surface area contributed by atoms with Crippen LogP contribution in [-0.4, -0.2) is 34.6 Å². The van der Waals surface area contributed by atoms with Crippen molar-refractivity contribution < 1.29 is 14.3 Å². The van der Waals surface area contributed by atoms with Gasteiger partial charge >= 0.3 is 5.97 Å². The molecule has 0 atom stereocenters. The first-order valence-electron chi connectivity index (χ1n) is 9.54. The molecule has 1 N–H and O–H groups in total. The molecule has 2 heterocycles. The maximum atomic E-state index is 12.8. The molecule has 1 aromatic carbocycles. The fourth-order valence-electron chi connectivity index (χ4n) is 2.82. The van der Waals surface area contributed by atoms with Crippen LogP contribution in [0.5, 0.6) is 0 Å². The molecule has 0 aliphatic heterocycles. The maximum Gasteiger partial charge on any atom is 0.339 e. The van der Waals surface area contributed by atoms with E-state index in [1.165, 1.54) is 22.2 Å². The van der Waals surface area contributed by atoms with Gasteiger partial charge in [0.1, 0.15) is 11.4 Å². The number of carbonyl (C=O) groups excluding carboxylic acids is 2. The lowest BCUT2D eigenvalue weighted by Gasteiger charge is -2.08. The highest BCUT2D eigenvalue weighted by molar-refractivity contribution is 7.17. The Balaban J connectivity index is 1.67. The highest BCUT2D eigenvalue weighted by atomic mass is 32.1. The largest absolute Gasteiger partial charge is 0.462 e. The summed E-state index contributed by atoms with van der Waals surface area (Å²) in [6.45, 7) is 2.63. The van der Waals surface area contributed by atoms with E-state index in [9.17, 15) is 14.4 Å². The molecule has 0 radical (unpaired) electrons. The van der Waals surface area contributed by atoms with Gasteiger partial charge in [-0.15, -0.1) is 11.3 Å². The van der Waals surface area contributed by atoms with Crippen LogP contribution in [0, 0.1) is 0 Å². The van der Waals surface area contributed by atoms with Crippen molar-refractivity contribution >= 4 is 33.4 Å². The minimum absolute atomic E-state index is 0.156. The average molecular weight is 413 g/mol. The molecular weight excluding hydrogens is 390 g/mol. The molecule has 0 spiro atoms. The molecule has 0 saturated carbocycles. The predicted molar refractivity (Wildman–Crippen MR) is 112 cm³/mol. The quantitative estimate of drug-likeness (QED) is 0.430. The smallest absolute Gasteiger partial charge is 0.339 e. The van der Waals surface area contributed by atoms with Crippen LogP contribution in [0.1, 0.15) is 35.7 Å². The molecule has 29 heavy (non-hydrogen) atoms. The van der Waals surface area contributed by atoms with Gasteiger partial charge in [-0.05, 0) is 18.4 Å². The molecule has 0 bridgehead atoms. The molecule has 0 aliphatic rings. The second-order valence-electron chi connectivity index (χ2n) is 6.58. The zero-order chi connectivity index (χ0) is 20.6. The molecule has 3 rings (SSSR count). The number of rotatable bonds is 9. The van der Waals surface area contributed by atoms with E-state index in [0.29, 0.717) is 24.4 Å². The molecular formula is C21H23N3O4S. The van der Waals surface area contributed by atoms with Gasteiger partial charge in [-0.2, -0.15) is 0 Å². The summed E-state index contributed by atoms with van der Waals surface area (Å²) in [5.41, 5.74) is 0.909.